The molecule has 9 heavy (non-hydrogen) atoms. The Kier molecular flexibility index (Phi) is 3.22. The smallest absolute Gasteiger partial charge is 0.174 e. The molecule has 0 amide bonds. The van der Waals surface area contributed by atoms with E-state index in [4.69, 9.17) is 11.6 Å². The zero-order chi connectivity index (χ0) is 7.49. The Morgan fingerprint density at radius 3 is 2.00 bits per heavy atom. The summed E-state index contributed by atoms with van der Waals surface area (Å²) in [7, 11) is -3.06. The number of sulfone groups is 1. The van der Waals surface area contributed by atoms with Crippen LogP contribution >= 0.6 is 11.6 Å². The molecular weight excluding hydrogens is 160 g/mol. The molecule has 0 unspecified atom stereocenters. The third-order valence-corrected chi connectivity index (χ3v) is 3.00. The molecule has 4 heteroatoms. The molecular formula is C5H9ClO2S. The van der Waals surface area contributed by atoms with Gasteiger partial charge in [-0.1, -0.05) is 11.6 Å². The molecule has 0 radical (unpaired) electrons. The van der Waals surface area contributed by atoms with Crippen molar-refractivity contribution in [2.75, 3.05) is 0 Å². The summed E-state index contributed by atoms with van der Waals surface area (Å²) >= 11 is 5.07. The van der Waals surface area contributed by atoms with Crippen LogP contribution in [0.25, 0.3) is 0 Å². The van der Waals surface area contributed by atoms with Gasteiger partial charge in [-0.05, 0) is 13.8 Å². The summed E-state index contributed by atoms with van der Waals surface area (Å²) in [6, 6.07) is 0. The van der Waals surface area contributed by atoms with E-state index in [1.54, 1.807) is 13.8 Å². The van der Waals surface area contributed by atoms with Crippen molar-refractivity contribution in [3.63, 3.8) is 0 Å². The SMILES string of the molecule is CC(C)S(=O)(=O)/C=C\Cl. The Balaban J connectivity index is 4.42. The molecule has 0 bridgehead atoms. The third-order valence-electron chi connectivity index (χ3n) is 0.898. The number of hydrogen-bond acceptors (Lipinski definition) is 2. The lowest BCUT2D eigenvalue weighted by molar-refractivity contribution is 0.596. The highest BCUT2D eigenvalue weighted by molar-refractivity contribution is 7.94. The first-order valence-electron chi connectivity index (χ1n) is 2.51. The zero-order valence-electron chi connectivity index (χ0n) is 5.33. The van der Waals surface area contributed by atoms with Crippen LogP contribution in [0.1, 0.15) is 13.8 Å². The number of rotatable bonds is 2. The predicted molar refractivity (Wildman–Crippen MR) is 39.0 cm³/mol. The van der Waals surface area contributed by atoms with Crippen molar-refractivity contribution in [1.82, 2.24) is 0 Å². The van der Waals surface area contributed by atoms with E-state index in [0.29, 0.717) is 0 Å². The maximum Gasteiger partial charge on any atom is 0.174 e. The quantitative estimate of drug-likeness (QED) is 0.627. The maximum absolute atomic E-state index is 10.8. The van der Waals surface area contributed by atoms with Crippen LogP contribution < -0.4 is 0 Å². The van der Waals surface area contributed by atoms with Crippen LogP contribution in [0.5, 0.6) is 0 Å². The Bertz CT molecular complexity index is 191. The van der Waals surface area contributed by atoms with Crippen molar-refractivity contribution in [3.8, 4) is 0 Å². The van der Waals surface area contributed by atoms with Gasteiger partial charge in [-0.15, -0.1) is 0 Å². The highest BCUT2D eigenvalue weighted by Gasteiger charge is 2.10. The maximum atomic E-state index is 10.8. The van der Waals surface area contributed by atoms with Crippen LogP contribution in [0.3, 0.4) is 0 Å². The van der Waals surface area contributed by atoms with Crippen LogP contribution in [0, 0.1) is 0 Å². The van der Waals surface area contributed by atoms with Gasteiger partial charge in [-0.25, -0.2) is 8.42 Å². The molecule has 0 aromatic rings. The van der Waals surface area contributed by atoms with Gasteiger partial charge in [0, 0.05) is 10.9 Å². The molecule has 0 heterocycles. The van der Waals surface area contributed by atoms with E-state index in [9.17, 15) is 8.42 Å². The fraction of sp³-hybridized carbons (Fsp3) is 0.600. The van der Waals surface area contributed by atoms with Crippen LogP contribution in [0.4, 0.5) is 0 Å². The number of halogens is 1. The second-order valence-corrected chi connectivity index (χ2v) is 4.54. The van der Waals surface area contributed by atoms with Crippen molar-refractivity contribution >= 4 is 21.4 Å². The lowest BCUT2D eigenvalue weighted by Crippen LogP contribution is -2.09. The van der Waals surface area contributed by atoms with E-state index in [1.807, 2.05) is 0 Å². The summed E-state index contributed by atoms with van der Waals surface area (Å²) in [6.07, 6.45) is 0. The first-order chi connectivity index (χ1) is 4.00. The molecule has 0 aliphatic rings. The molecule has 0 spiro atoms. The highest BCUT2D eigenvalue weighted by atomic mass is 35.5. The highest BCUT2D eigenvalue weighted by Crippen LogP contribution is 2.02. The average molecular weight is 169 g/mol. The van der Waals surface area contributed by atoms with Gasteiger partial charge in [0.15, 0.2) is 9.84 Å². The molecule has 0 fully saturated rings. The topological polar surface area (TPSA) is 34.1 Å². The minimum absolute atomic E-state index is 0.382. The van der Waals surface area contributed by atoms with Gasteiger partial charge in [-0.3, -0.25) is 0 Å². The van der Waals surface area contributed by atoms with Gasteiger partial charge in [0.1, 0.15) is 0 Å². The summed E-state index contributed by atoms with van der Waals surface area (Å²) in [5.74, 6) is 0. The largest absolute Gasteiger partial charge is 0.224 e. The molecule has 0 atom stereocenters. The van der Waals surface area contributed by atoms with Crippen LogP contribution in [-0.2, 0) is 9.84 Å². The Morgan fingerprint density at radius 1 is 1.44 bits per heavy atom. The van der Waals surface area contributed by atoms with Gasteiger partial charge in [-0.2, -0.15) is 0 Å². The summed E-state index contributed by atoms with van der Waals surface area (Å²) in [5.41, 5.74) is 1.01. The molecule has 0 rings (SSSR count). The molecule has 2 nitrogen and oxygen atoms in total. The Labute approximate surface area is 60.4 Å². The summed E-state index contributed by atoms with van der Waals surface area (Å²) in [4.78, 5) is 0. The second-order valence-electron chi connectivity index (χ2n) is 1.90. The third kappa shape index (κ3) is 2.87. The monoisotopic (exact) mass is 168 g/mol. The summed E-state index contributed by atoms with van der Waals surface area (Å²) in [6.45, 7) is 3.21. The van der Waals surface area contributed by atoms with Crippen molar-refractivity contribution in [2.24, 2.45) is 0 Å². The van der Waals surface area contributed by atoms with Gasteiger partial charge in [0.05, 0.1) is 5.25 Å². The fourth-order valence-electron chi connectivity index (χ4n) is 0.229. The Morgan fingerprint density at radius 2 is 1.89 bits per heavy atom. The van der Waals surface area contributed by atoms with E-state index < -0.39 is 9.84 Å². The lowest BCUT2D eigenvalue weighted by Gasteiger charge is -1.98. The van der Waals surface area contributed by atoms with E-state index in [2.05, 4.69) is 0 Å². The normalized spacial score (nSPS) is 13.3. The summed E-state index contributed by atoms with van der Waals surface area (Å²) in [5, 5.41) is 0.617. The van der Waals surface area contributed by atoms with Crippen molar-refractivity contribution < 1.29 is 8.42 Å². The van der Waals surface area contributed by atoms with Gasteiger partial charge in [0.2, 0.25) is 0 Å². The van der Waals surface area contributed by atoms with Crippen molar-refractivity contribution in [3.05, 3.63) is 10.9 Å². The van der Waals surface area contributed by atoms with Crippen molar-refractivity contribution in [2.45, 2.75) is 19.1 Å². The predicted octanol–water partition coefficient (Wildman–Crippen LogP) is 1.52. The van der Waals surface area contributed by atoms with Crippen molar-refractivity contribution in [1.29, 1.82) is 0 Å². The first kappa shape index (κ1) is 8.98. The molecule has 0 saturated heterocycles. The molecule has 0 aromatic heterocycles. The van der Waals surface area contributed by atoms with Gasteiger partial charge < -0.3 is 0 Å². The molecule has 0 aliphatic carbocycles. The standard InChI is InChI=1S/C5H9ClO2S/c1-5(2)9(7,8)4-3-6/h3-5H,1-2H3/b4-3-. The lowest BCUT2D eigenvalue weighted by atomic mass is 10.6. The molecule has 0 aromatic carbocycles. The summed E-state index contributed by atoms with van der Waals surface area (Å²) < 4.78 is 21.5. The van der Waals surface area contributed by atoms with E-state index >= 15 is 0 Å². The van der Waals surface area contributed by atoms with Crippen LogP contribution in [-0.4, -0.2) is 13.7 Å². The van der Waals surface area contributed by atoms with Crippen LogP contribution in [0.15, 0.2) is 10.9 Å². The molecule has 0 saturated carbocycles. The first-order valence-corrected chi connectivity index (χ1v) is 4.56. The van der Waals surface area contributed by atoms with E-state index in [1.165, 1.54) is 0 Å². The average Bonchev–Trinajstić information content (AvgIpc) is 1.65. The Hall–Kier alpha value is -0.0200. The molecule has 54 valence electrons. The van der Waals surface area contributed by atoms with Gasteiger partial charge >= 0.3 is 0 Å². The minimum Gasteiger partial charge on any atom is -0.224 e. The molecule has 0 aliphatic heterocycles. The fourth-order valence-corrected chi connectivity index (χ4v) is 1.12. The number of hydrogen-bond donors (Lipinski definition) is 0. The van der Waals surface area contributed by atoms with Gasteiger partial charge in [0.25, 0.3) is 0 Å². The van der Waals surface area contributed by atoms with Crippen LogP contribution in [0.2, 0.25) is 0 Å². The molecule has 0 N–H and O–H groups in total. The zero-order valence-corrected chi connectivity index (χ0v) is 6.91. The minimum atomic E-state index is -3.06. The second kappa shape index (κ2) is 3.22. The van der Waals surface area contributed by atoms with E-state index in [0.717, 1.165) is 10.9 Å². The van der Waals surface area contributed by atoms with E-state index in [-0.39, 0.29) is 5.25 Å².